The molecule has 0 nitrogen and oxygen atoms in total. The highest BCUT2D eigenvalue weighted by Gasteiger charge is 2.36. The Morgan fingerprint density at radius 2 is 0.816 bits per heavy atom. The molecule has 1 aliphatic carbocycles. The highest BCUT2D eigenvalue weighted by atomic mass is 14.4. The average molecular weight is 623 g/mol. The highest BCUT2D eigenvalue weighted by molar-refractivity contribution is 6.22. The van der Waals surface area contributed by atoms with E-state index in [1.807, 2.05) is 0 Å². The molecule has 9 aromatic rings. The van der Waals surface area contributed by atoms with Crippen LogP contribution in [0.15, 0.2) is 170 Å². The van der Waals surface area contributed by atoms with Crippen molar-refractivity contribution in [2.24, 2.45) is 0 Å². The van der Waals surface area contributed by atoms with Gasteiger partial charge in [0.2, 0.25) is 0 Å². The summed E-state index contributed by atoms with van der Waals surface area (Å²) in [5, 5.41) is 10.3. The maximum atomic E-state index is 2.48. The number of rotatable bonds is 3. The molecular formula is C49H34. The first-order valence-corrected chi connectivity index (χ1v) is 17.3. The third kappa shape index (κ3) is 4.17. The Hall–Kier alpha value is -5.98. The molecule has 0 bridgehead atoms. The van der Waals surface area contributed by atoms with Gasteiger partial charge in [-0.3, -0.25) is 0 Å². The van der Waals surface area contributed by atoms with Crippen molar-refractivity contribution in [3.05, 3.63) is 181 Å². The zero-order valence-corrected chi connectivity index (χ0v) is 27.7. The molecule has 0 heterocycles. The number of fused-ring (bicyclic) bond motifs is 7. The van der Waals surface area contributed by atoms with Crippen molar-refractivity contribution in [1.82, 2.24) is 0 Å². The number of hydrogen-bond acceptors (Lipinski definition) is 0. The molecule has 0 unspecified atom stereocenters. The van der Waals surface area contributed by atoms with Gasteiger partial charge in [-0.1, -0.05) is 153 Å². The molecule has 0 aliphatic heterocycles. The van der Waals surface area contributed by atoms with Crippen LogP contribution >= 0.6 is 0 Å². The molecule has 1 aliphatic rings. The van der Waals surface area contributed by atoms with Crippen molar-refractivity contribution >= 4 is 43.1 Å². The van der Waals surface area contributed by atoms with Gasteiger partial charge in [0, 0.05) is 5.41 Å². The quantitative estimate of drug-likeness (QED) is 0.172. The van der Waals surface area contributed by atoms with Gasteiger partial charge in [0.25, 0.3) is 0 Å². The summed E-state index contributed by atoms with van der Waals surface area (Å²) in [6, 6.07) is 63.2. The lowest BCUT2D eigenvalue weighted by Crippen LogP contribution is -2.15. The minimum Gasteiger partial charge on any atom is -0.0622 e. The van der Waals surface area contributed by atoms with E-state index >= 15 is 0 Å². The van der Waals surface area contributed by atoms with Crippen molar-refractivity contribution in [3.8, 4) is 44.5 Å². The maximum absolute atomic E-state index is 2.48. The highest BCUT2D eigenvalue weighted by Crippen LogP contribution is 2.52. The van der Waals surface area contributed by atoms with E-state index in [0.29, 0.717) is 0 Å². The molecule has 0 amide bonds. The third-order valence-electron chi connectivity index (χ3n) is 11.0. The van der Waals surface area contributed by atoms with Crippen LogP contribution in [0.2, 0.25) is 0 Å². The van der Waals surface area contributed by atoms with E-state index in [9.17, 15) is 0 Å². The monoisotopic (exact) mass is 622 g/mol. The van der Waals surface area contributed by atoms with Crippen LogP contribution in [0, 0.1) is 0 Å². The fraction of sp³-hybridized carbons (Fsp3) is 0.0612. The van der Waals surface area contributed by atoms with Crippen LogP contribution < -0.4 is 0 Å². The molecule has 10 rings (SSSR count). The van der Waals surface area contributed by atoms with Crippen molar-refractivity contribution in [3.63, 3.8) is 0 Å². The molecular weight excluding hydrogens is 589 g/mol. The lowest BCUT2D eigenvalue weighted by Gasteiger charge is -2.23. The van der Waals surface area contributed by atoms with Crippen LogP contribution in [0.3, 0.4) is 0 Å². The molecule has 0 saturated heterocycles. The number of hydrogen-bond donors (Lipinski definition) is 0. The van der Waals surface area contributed by atoms with Crippen molar-refractivity contribution < 1.29 is 0 Å². The van der Waals surface area contributed by atoms with E-state index in [1.165, 1.54) is 98.7 Å². The number of benzene rings is 9. The second kappa shape index (κ2) is 10.5. The first kappa shape index (κ1) is 28.1. The summed E-state index contributed by atoms with van der Waals surface area (Å²) in [5.74, 6) is 0. The SMILES string of the molecule is CC1(C)c2cc(-c3c4ccccc4c(-c4cc(-c5ccccc5)c5ccccc5c4)c4ccccc34)ccc2-c2cc3ccccc3cc21. The molecule has 230 valence electrons. The second-order valence-corrected chi connectivity index (χ2v) is 14.1. The summed E-state index contributed by atoms with van der Waals surface area (Å²) >= 11 is 0. The van der Waals surface area contributed by atoms with E-state index in [-0.39, 0.29) is 5.41 Å². The summed E-state index contributed by atoms with van der Waals surface area (Å²) in [6.45, 7) is 4.78. The summed E-state index contributed by atoms with van der Waals surface area (Å²) in [6.07, 6.45) is 0. The van der Waals surface area contributed by atoms with Crippen LogP contribution in [0.5, 0.6) is 0 Å². The summed E-state index contributed by atoms with van der Waals surface area (Å²) < 4.78 is 0. The Bertz CT molecular complexity index is 2720. The molecule has 0 radical (unpaired) electrons. The minimum absolute atomic E-state index is 0.102. The Balaban J connectivity index is 1.24. The van der Waals surface area contributed by atoms with E-state index in [2.05, 4.69) is 184 Å². The molecule has 49 heavy (non-hydrogen) atoms. The fourth-order valence-corrected chi connectivity index (χ4v) is 8.64. The molecule has 0 spiro atoms. The van der Waals surface area contributed by atoms with Gasteiger partial charge in [-0.05, 0) is 129 Å². The smallest absolute Gasteiger partial charge is 0.0159 e. The normalized spacial score (nSPS) is 13.3. The summed E-state index contributed by atoms with van der Waals surface area (Å²) in [7, 11) is 0. The molecule has 0 saturated carbocycles. The topological polar surface area (TPSA) is 0 Å². The average Bonchev–Trinajstić information content (AvgIpc) is 3.37. The Kier molecular flexibility index (Phi) is 6.02. The molecule has 0 N–H and O–H groups in total. The minimum atomic E-state index is -0.102. The van der Waals surface area contributed by atoms with Crippen LogP contribution in [-0.2, 0) is 5.41 Å². The Labute approximate surface area is 286 Å². The van der Waals surface area contributed by atoms with Gasteiger partial charge >= 0.3 is 0 Å². The first-order chi connectivity index (χ1) is 24.1. The van der Waals surface area contributed by atoms with Crippen LogP contribution in [0.4, 0.5) is 0 Å². The van der Waals surface area contributed by atoms with E-state index in [4.69, 9.17) is 0 Å². The van der Waals surface area contributed by atoms with Gasteiger partial charge in [-0.2, -0.15) is 0 Å². The zero-order chi connectivity index (χ0) is 32.7. The molecule has 9 aromatic carbocycles. The third-order valence-corrected chi connectivity index (χ3v) is 11.0. The van der Waals surface area contributed by atoms with Gasteiger partial charge in [0.15, 0.2) is 0 Å². The van der Waals surface area contributed by atoms with Crippen molar-refractivity contribution in [1.29, 1.82) is 0 Å². The molecule has 0 heteroatoms. The van der Waals surface area contributed by atoms with E-state index < -0.39 is 0 Å². The predicted octanol–water partition coefficient (Wildman–Crippen LogP) is 13.6. The summed E-state index contributed by atoms with van der Waals surface area (Å²) in [5.41, 5.74) is 13.0. The van der Waals surface area contributed by atoms with Crippen molar-refractivity contribution in [2.45, 2.75) is 19.3 Å². The standard InChI is InChI=1S/C49H34/c1-49(2)45-30-35(24-25-38(45)44-27-32-16-6-7-17-33(32)29-46(44)49)47-39-20-10-12-22-41(39)48(42-23-13-11-21-40(42)47)36-26-34-18-8-9-19-37(34)43(28-36)31-14-4-3-5-15-31/h3-30H,1-2H3. The largest absolute Gasteiger partial charge is 0.0622 e. The zero-order valence-electron chi connectivity index (χ0n) is 27.7. The summed E-state index contributed by atoms with van der Waals surface area (Å²) in [4.78, 5) is 0. The fourth-order valence-electron chi connectivity index (χ4n) is 8.64. The molecule has 0 aromatic heterocycles. The van der Waals surface area contributed by atoms with Crippen LogP contribution in [0.1, 0.15) is 25.0 Å². The van der Waals surface area contributed by atoms with Crippen molar-refractivity contribution in [2.75, 3.05) is 0 Å². The van der Waals surface area contributed by atoms with Gasteiger partial charge in [0.05, 0.1) is 0 Å². The lowest BCUT2D eigenvalue weighted by atomic mass is 9.80. The maximum Gasteiger partial charge on any atom is 0.0159 e. The Morgan fingerprint density at radius 3 is 1.47 bits per heavy atom. The van der Waals surface area contributed by atoms with Gasteiger partial charge in [-0.15, -0.1) is 0 Å². The van der Waals surface area contributed by atoms with E-state index in [0.717, 1.165) is 0 Å². The van der Waals surface area contributed by atoms with Crippen LogP contribution in [0.25, 0.3) is 87.6 Å². The molecule has 0 atom stereocenters. The van der Waals surface area contributed by atoms with Gasteiger partial charge in [-0.25, -0.2) is 0 Å². The molecule has 0 fully saturated rings. The Morgan fingerprint density at radius 1 is 0.306 bits per heavy atom. The predicted molar refractivity (Wildman–Crippen MR) is 210 cm³/mol. The van der Waals surface area contributed by atoms with E-state index in [1.54, 1.807) is 0 Å². The van der Waals surface area contributed by atoms with Crippen LogP contribution in [-0.4, -0.2) is 0 Å². The van der Waals surface area contributed by atoms with Gasteiger partial charge in [0.1, 0.15) is 0 Å². The lowest BCUT2D eigenvalue weighted by molar-refractivity contribution is 0.661. The van der Waals surface area contributed by atoms with Gasteiger partial charge < -0.3 is 0 Å². The first-order valence-electron chi connectivity index (χ1n) is 17.3. The second-order valence-electron chi connectivity index (χ2n) is 14.1.